The molecule has 1 unspecified atom stereocenters. The average molecular weight is 447 g/mol. The number of carboxylic acids is 1. The smallest absolute Gasteiger partial charge is 0.407 e. The molecule has 174 valence electrons. The largest absolute Gasteiger partial charge is 0.480 e. The Kier molecular flexibility index (Phi) is 6.80. The number of aromatic nitrogens is 4. The van der Waals surface area contributed by atoms with Crippen molar-refractivity contribution in [3.63, 3.8) is 0 Å². The standard InChI is InChI=1S/C20H29N7O5/c1-20(2,3)32-19(31)25-12-6-4-5-7-13(12)27(9-15(29)30)14(28)8-26-11-24-18-16(17(26)21)22-10-23-18/h10-13,21H,4-9H2,1-3H3,(H,22,23)(H,25,31)(H,29,30)/t12-,13?/m0/s1. The molecule has 0 aliphatic heterocycles. The molecule has 4 N–H and O–H groups in total. The minimum Gasteiger partial charge on any atom is -0.480 e. The third-order valence-corrected chi connectivity index (χ3v) is 5.23. The van der Waals surface area contributed by atoms with Crippen molar-refractivity contribution in [2.75, 3.05) is 6.54 Å². The minimum atomic E-state index is -1.15. The fraction of sp³-hybridized carbons (Fsp3) is 0.600. The van der Waals surface area contributed by atoms with Crippen LogP contribution < -0.4 is 10.8 Å². The maximum absolute atomic E-state index is 13.2. The van der Waals surface area contributed by atoms with Gasteiger partial charge in [0.2, 0.25) is 5.91 Å². The van der Waals surface area contributed by atoms with Crippen LogP contribution in [0.15, 0.2) is 12.7 Å². The summed E-state index contributed by atoms with van der Waals surface area (Å²) in [5.74, 6) is -1.63. The van der Waals surface area contributed by atoms with Gasteiger partial charge in [-0.05, 0) is 33.6 Å². The van der Waals surface area contributed by atoms with E-state index in [4.69, 9.17) is 10.1 Å². The van der Waals surface area contributed by atoms with Crippen LogP contribution in [0.4, 0.5) is 4.79 Å². The van der Waals surface area contributed by atoms with Crippen molar-refractivity contribution in [2.45, 2.75) is 70.7 Å². The van der Waals surface area contributed by atoms with Crippen LogP contribution in [0.2, 0.25) is 0 Å². The number of nitrogens with one attached hydrogen (secondary N) is 3. The zero-order valence-electron chi connectivity index (χ0n) is 18.4. The maximum Gasteiger partial charge on any atom is 0.407 e. The van der Waals surface area contributed by atoms with Gasteiger partial charge in [0.05, 0.1) is 24.7 Å². The molecule has 1 fully saturated rings. The third-order valence-electron chi connectivity index (χ3n) is 5.23. The average Bonchev–Trinajstić information content (AvgIpc) is 3.17. The first-order valence-corrected chi connectivity index (χ1v) is 10.5. The highest BCUT2D eigenvalue weighted by atomic mass is 16.6. The van der Waals surface area contributed by atoms with E-state index >= 15 is 0 Å². The van der Waals surface area contributed by atoms with Gasteiger partial charge in [-0.3, -0.25) is 15.0 Å². The molecule has 3 rings (SSSR count). The van der Waals surface area contributed by atoms with Gasteiger partial charge in [-0.2, -0.15) is 0 Å². The summed E-state index contributed by atoms with van der Waals surface area (Å²) in [5, 5.41) is 20.5. The van der Waals surface area contributed by atoms with Gasteiger partial charge in [-0.1, -0.05) is 12.8 Å². The van der Waals surface area contributed by atoms with Gasteiger partial charge in [0.15, 0.2) is 11.1 Å². The van der Waals surface area contributed by atoms with Crippen LogP contribution in [0.25, 0.3) is 11.2 Å². The number of imidazole rings is 1. The number of hydrogen-bond donors (Lipinski definition) is 4. The number of carbonyl (C=O) groups is 3. The maximum atomic E-state index is 13.2. The van der Waals surface area contributed by atoms with E-state index in [1.807, 2.05) is 0 Å². The highest BCUT2D eigenvalue weighted by Gasteiger charge is 2.36. The van der Waals surface area contributed by atoms with Crippen molar-refractivity contribution in [1.82, 2.24) is 29.7 Å². The predicted molar refractivity (Wildman–Crippen MR) is 112 cm³/mol. The van der Waals surface area contributed by atoms with E-state index in [0.29, 0.717) is 24.0 Å². The first-order chi connectivity index (χ1) is 15.0. The van der Waals surface area contributed by atoms with Crippen molar-refractivity contribution in [1.29, 1.82) is 5.41 Å². The Morgan fingerprint density at radius 1 is 1.31 bits per heavy atom. The highest BCUT2D eigenvalue weighted by Crippen LogP contribution is 2.24. The van der Waals surface area contributed by atoms with Crippen LogP contribution >= 0.6 is 0 Å². The normalized spacial score (nSPS) is 18.8. The lowest BCUT2D eigenvalue weighted by Crippen LogP contribution is -2.57. The molecule has 12 nitrogen and oxygen atoms in total. The molecule has 0 spiro atoms. The van der Waals surface area contributed by atoms with Crippen molar-refractivity contribution in [3.05, 3.63) is 18.1 Å². The summed E-state index contributed by atoms with van der Waals surface area (Å²) in [6.45, 7) is 4.50. The molecule has 1 saturated carbocycles. The Morgan fingerprint density at radius 3 is 2.72 bits per heavy atom. The monoisotopic (exact) mass is 447 g/mol. The molecule has 0 bridgehead atoms. The SMILES string of the molecule is CC(C)(C)OC(=O)N[C@H]1CCCCC1N(CC(=O)O)C(=O)Cn1cnc2nc[nH]c2c1=N. The lowest BCUT2D eigenvalue weighted by molar-refractivity contribution is -0.147. The Hall–Kier alpha value is -3.44. The van der Waals surface area contributed by atoms with Crippen LogP contribution in [0.3, 0.4) is 0 Å². The number of carbonyl (C=O) groups excluding carboxylic acids is 2. The number of carboxylic acid groups (broad SMARTS) is 1. The minimum absolute atomic E-state index is 0.0169. The molecule has 0 saturated heterocycles. The van der Waals surface area contributed by atoms with E-state index in [1.165, 1.54) is 22.1 Å². The van der Waals surface area contributed by atoms with E-state index in [2.05, 4.69) is 20.3 Å². The number of amides is 2. The lowest BCUT2D eigenvalue weighted by Gasteiger charge is -2.39. The summed E-state index contributed by atoms with van der Waals surface area (Å²) >= 11 is 0. The molecular formula is C20H29N7O5. The number of aliphatic carboxylic acids is 1. The van der Waals surface area contributed by atoms with E-state index in [-0.39, 0.29) is 12.0 Å². The molecule has 2 aromatic heterocycles. The van der Waals surface area contributed by atoms with Crippen LogP contribution in [-0.4, -0.2) is 71.7 Å². The Labute approximate surface area is 184 Å². The molecule has 2 aromatic rings. The van der Waals surface area contributed by atoms with E-state index < -0.39 is 42.2 Å². The molecule has 0 aromatic carbocycles. The number of aromatic amines is 1. The van der Waals surface area contributed by atoms with Crippen molar-refractivity contribution >= 4 is 29.1 Å². The van der Waals surface area contributed by atoms with E-state index in [1.54, 1.807) is 20.8 Å². The van der Waals surface area contributed by atoms with E-state index in [9.17, 15) is 19.5 Å². The molecular weight excluding hydrogens is 418 g/mol. The second-order valence-corrected chi connectivity index (χ2v) is 8.84. The van der Waals surface area contributed by atoms with Crippen LogP contribution in [0, 0.1) is 5.41 Å². The molecule has 32 heavy (non-hydrogen) atoms. The number of rotatable bonds is 6. The molecule has 2 heterocycles. The third kappa shape index (κ3) is 5.62. The Bertz CT molecular complexity index is 1050. The summed E-state index contributed by atoms with van der Waals surface area (Å²) in [6, 6.07) is -0.936. The number of nitrogens with zero attached hydrogens (tertiary/aromatic N) is 4. The number of alkyl carbamates (subject to hydrolysis) is 1. The first kappa shape index (κ1) is 23.2. The summed E-state index contributed by atoms with van der Waals surface area (Å²) in [5.41, 5.74) is 0.0787. The Morgan fingerprint density at radius 2 is 2.03 bits per heavy atom. The van der Waals surface area contributed by atoms with Gasteiger partial charge >= 0.3 is 12.1 Å². The number of hydrogen-bond acceptors (Lipinski definition) is 7. The van der Waals surface area contributed by atoms with Gasteiger partial charge in [-0.15, -0.1) is 0 Å². The summed E-state index contributed by atoms with van der Waals surface area (Å²) in [4.78, 5) is 49.3. The van der Waals surface area contributed by atoms with Crippen LogP contribution in [0.5, 0.6) is 0 Å². The molecule has 1 aliphatic rings. The first-order valence-electron chi connectivity index (χ1n) is 10.5. The topological polar surface area (TPSA) is 166 Å². The second kappa shape index (κ2) is 9.37. The van der Waals surface area contributed by atoms with E-state index in [0.717, 1.165) is 12.8 Å². The molecule has 2 amide bonds. The lowest BCUT2D eigenvalue weighted by atomic mass is 9.89. The molecule has 1 aliphatic carbocycles. The summed E-state index contributed by atoms with van der Waals surface area (Å²) in [6.07, 6.45) is 4.94. The van der Waals surface area contributed by atoms with Crippen molar-refractivity contribution in [2.24, 2.45) is 0 Å². The summed E-state index contributed by atoms with van der Waals surface area (Å²) < 4.78 is 6.67. The number of ether oxygens (including phenoxy) is 1. The van der Waals surface area contributed by atoms with Crippen LogP contribution in [0.1, 0.15) is 46.5 Å². The summed E-state index contributed by atoms with van der Waals surface area (Å²) in [7, 11) is 0. The molecule has 0 radical (unpaired) electrons. The highest BCUT2D eigenvalue weighted by molar-refractivity contribution is 5.82. The number of fused-ring (bicyclic) bond motifs is 1. The number of H-pyrrole nitrogens is 1. The zero-order valence-corrected chi connectivity index (χ0v) is 18.4. The second-order valence-electron chi connectivity index (χ2n) is 8.84. The van der Waals surface area contributed by atoms with Gasteiger partial charge in [-0.25, -0.2) is 14.8 Å². The predicted octanol–water partition coefficient (Wildman–Crippen LogP) is 0.988. The van der Waals surface area contributed by atoms with Crippen molar-refractivity contribution in [3.8, 4) is 0 Å². The fourth-order valence-corrected chi connectivity index (χ4v) is 3.89. The van der Waals surface area contributed by atoms with Gasteiger partial charge in [0.25, 0.3) is 0 Å². The van der Waals surface area contributed by atoms with Crippen molar-refractivity contribution < 1.29 is 24.2 Å². The van der Waals surface area contributed by atoms with Gasteiger partial charge < -0.3 is 29.6 Å². The van der Waals surface area contributed by atoms with Gasteiger partial charge in [0.1, 0.15) is 24.2 Å². The molecule has 12 heteroatoms. The Balaban J connectivity index is 1.81. The fourth-order valence-electron chi connectivity index (χ4n) is 3.89. The zero-order chi connectivity index (χ0) is 23.5. The quantitative estimate of drug-likeness (QED) is 0.512. The van der Waals surface area contributed by atoms with Gasteiger partial charge in [0, 0.05) is 0 Å². The van der Waals surface area contributed by atoms with Crippen LogP contribution in [-0.2, 0) is 20.9 Å². The molecule has 2 atom stereocenters.